The summed E-state index contributed by atoms with van der Waals surface area (Å²) in [5.74, 6) is 0. The lowest BCUT2D eigenvalue weighted by Gasteiger charge is -2.50. The van der Waals surface area contributed by atoms with Crippen LogP contribution in [0.15, 0.2) is 60.7 Å². The predicted octanol–water partition coefficient (Wildman–Crippen LogP) is 7.33. The van der Waals surface area contributed by atoms with Gasteiger partial charge >= 0.3 is 0 Å². The molecule has 0 heterocycles. The topological polar surface area (TPSA) is 0 Å². The average molecular weight is 387 g/mol. The summed E-state index contributed by atoms with van der Waals surface area (Å²) in [5.41, 5.74) is 2.05. The number of rotatable bonds is 4. The molecule has 2 aliphatic rings. The first-order valence-electron chi connectivity index (χ1n) is 10.3. The van der Waals surface area contributed by atoms with Gasteiger partial charge in [0.2, 0.25) is 0 Å². The highest BCUT2D eigenvalue weighted by Crippen LogP contribution is 2.61. The van der Waals surface area contributed by atoms with Crippen LogP contribution >= 0.6 is 11.8 Å². The SMILES string of the molecule is FC1CCCCC1(SC1(c2ccccc2)CCCCC1F)c1ccccc1. The first-order valence-corrected chi connectivity index (χ1v) is 11.1. The van der Waals surface area contributed by atoms with Gasteiger partial charge in [-0.25, -0.2) is 8.78 Å². The van der Waals surface area contributed by atoms with E-state index >= 15 is 8.78 Å². The molecule has 0 bridgehead atoms. The van der Waals surface area contributed by atoms with Crippen LogP contribution in [-0.4, -0.2) is 12.3 Å². The second kappa shape index (κ2) is 7.95. The fourth-order valence-corrected chi connectivity index (χ4v) is 7.11. The van der Waals surface area contributed by atoms with Gasteiger partial charge in [0.1, 0.15) is 12.3 Å². The molecular weight excluding hydrogens is 358 g/mol. The summed E-state index contributed by atoms with van der Waals surface area (Å²) in [4.78, 5) is 0. The normalized spacial score (nSPS) is 34.3. The highest BCUT2D eigenvalue weighted by molar-refractivity contribution is 8.01. The van der Waals surface area contributed by atoms with Gasteiger partial charge in [-0.05, 0) is 36.8 Å². The Morgan fingerprint density at radius 1 is 0.630 bits per heavy atom. The molecule has 0 aliphatic heterocycles. The molecule has 3 heteroatoms. The van der Waals surface area contributed by atoms with Gasteiger partial charge in [0.15, 0.2) is 0 Å². The minimum absolute atomic E-state index is 0.573. The molecule has 2 aliphatic carbocycles. The standard InChI is InChI=1S/C24H28F2S/c25-21-15-7-9-17-23(21,19-11-3-1-4-12-19)27-24(18-10-8-16-22(24)26)20-13-5-2-6-14-20/h1-6,11-14,21-22H,7-10,15-18H2. The molecule has 144 valence electrons. The highest BCUT2D eigenvalue weighted by atomic mass is 32.2. The minimum atomic E-state index is -0.937. The number of hydrogen-bond acceptors (Lipinski definition) is 1. The fraction of sp³-hybridized carbons (Fsp3) is 0.500. The van der Waals surface area contributed by atoms with Crippen LogP contribution in [0.1, 0.15) is 62.5 Å². The number of thioether (sulfide) groups is 1. The smallest absolute Gasteiger partial charge is 0.119 e. The summed E-state index contributed by atoms with van der Waals surface area (Å²) < 4.78 is 29.9. The lowest BCUT2D eigenvalue weighted by molar-refractivity contribution is 0.172. The van der Waals surface area contributed by atoms with E-state index in [1.165, 1.54) is 0 Å². The lowest BCUT2D eigenvalue weighted by Crippen LogP contribution is -2.45. The molecule has 4 atom stereocenters. The quantitative estimate of drug-likeness (QED) is 0.530. The van der Waals surface area contributed by atoms with Crippen molar-refractivity contribution < 1.29 is 8.78 Å². The van der Waals surface area contributed by atoms with Gasteiger partial charge in [-0.2, -0.15) is 0 Å². The zero-order chi connectivity index (χ0) is 18.7. The maximum Gasteiger partial charge on any atom is 0.119 e. The van der Waals surface area contributed by atoms with E-state index in [-0.39, 0.29) is 0 Å². The Morgan fingerprint density at radius 3 is 1.41 bits per heavy atom. The molecule has 0 amide bonds. The molecule has 2 aromatic carbocycles. The summed E-state index contributed by atoms with van der Waals surface area (Å²) in [5, 5.41) is 0. The highest BCUT2D eigenvalue weighted by Gasteiger charge is 2.53. The second-order valence-corrected chi connectivity index (χ2v) is 9.70. The summed E-state index contributed by atoms with van der Waals surface area (Å²) in [6, 6.07) is 20.1. The van der Waals surface area contributed by atoms with Crippen molar-refractivity contribution in [3.63, 3.8) is 0 Å². The number of hydrogen-bond donors (Lipinski definition) is 0. The average Bonchev–Trinajstić information content (AvgIpc) is 2.73. The zero-order valence-electron chi connectivity index (χ0n) is 15.7. The number of benzene rings is 2. The molecule has 2 aromatic rings. The Morgan fingerprint density at radius 2 is 1.04 bits per heavy atom. The molecule has 0 spiro atoms. The number of alkyl halides is 2. The molecule has 4 rings (SSSR count). The Balaban J connectivity index is 1.82. The Bertz CT molecular complexity index is 671. The molecule has 2 fully saturated rings. The van der Waals surface area contributed by atoms with Crippen LogP contribution in [0.3, 0.4) is 0 Å². The molecule has 0 nitrogen and oxygen atoms in total. The minimum Gasteiger partial charge on any atom is -0.246 e. The Labute approximate surface area is 165 Å². The second-order valence-electron chi connectivity index (χ2n) is 8.04. The van der Waals surface area contributed by atoms with Gasteiger partial charge in [0.25, 0.3) is 0 Å². The third-order valence-corrected chi connectivity index (χ3v) is 8.53. The first-order chi connectivity index (χ1) is 13.2. The van der Waals surface area contributed by atoms with E-state index in [2.05, 4.69) is 0 Å². The van der Waals surface area contributed by atoms with Gasteiger partial charge in [-0.3, -0.25) is 0 Å². The van der Waals surface area contributed by atoms with Crippen LogP contribution in [0.25, 0.3) is 0 Å². The van der Waals surface area contributed by atoms with Crippen LogP contribution in [0, 0.1) is 0 Å². The van der Waals surface area contributed by atoms with Gasteiger partial charge < -0.3 is 0 Å². The molecule has 0 aromatic heterocycles. The van der Waals surface area contributed by atoms with Gasteiger partial charge in [0.05, 0.1) is 9.49 Å². The molecule has 4 unspecified atom stereocenters. The van der Waals surface area contributed by atoms with Crippen molar-refractivity contribution in [1.29, 1.82) is 0 Å². The van der Waals surface area contributed by atoms with E-state index in [0.717, 1.165) is 49.7 Å². The van der Waals surface area contributed by atoms with E-state index in [1.807, 2.05) is 60.7 Å². The summed E-state index contributed by atoms with van der Waals surface area (Å²) in [7, 11) is 0. The summed E-state index contributed by atoms with van der Waals surface area (Å²) in [6.07, 6.45) is 4.69. The van der Waals surface area contributed by atoms with Gasteiger partial charge in [0, 0.05) is 0 Å². The fourth-order valence-electron chi connectivity index (χ4n) is 4.97. The van der Waals surface area contributed by atoms with E-state index in [4.69, 9.17) is 0 Å². The third-order valence-electron chi connectivity index (χ3n) is 6.41. The number of halogens is 2. The summed E-state index contributed by atoms with van der Waals surface area (Å²) >= 11 is 1.61. The van der Waals surface area contributed by atoms with Crippen LogP contribution in [0.2, 0.25) is 0 Å². The molecule has 0 N–H and O–H groups in total. The van der Waals surface area contributed by atoms with E-state index in [9.17, 15) is 0 Å². The Kier molecular flexibility index (Phi) is 5.59. The van der Waals surface area contributed by atoms with Crippen LogP contribution in [-0.2, 0) is 9.49 Å². The maximum absolute atomic E-state index is 15.6. The third kappa shape index (κ3) is 3.44. The van der Waals surface area contributed by atoms with Crippen molar-refractivity contribution >= 4 is 11.8 Å². The van der Waals surface area contributed by atoms with Crippen LogP contribution in [0.5, 0.6) is 0 Å². The Hall–Kier alpha value is -1.35. The molecular formula is C24H28F2S. The van der Waals surface area contributed by atoms with E-state index in [0.29, 0.717) is 12.8 Å². The molecule has 27 heavy (non-hydrogen) atoms. The van der Waals surface area contributed by atoms with Crippen molar-refractivity contribution in [2.75, 3.05) is 0 Å². The predicted molar refractivity (Wildman–Crippen MR) is 111 cm³/mol. The van der Waals surface area contributed by atoms with Crippen molar-refractivity contribution in [1.82, 2.24) is 0 Å². The molecule has 0 radical (unpaired) electrons. The monoisotopic (exact) mass is 386 g/mol. The van der Waals surface area contributed by atoms with Crippen LogP contribution < -0.4 is 0 Å². The van der Waals surface area contributed by atoms with Crippen molar-refractivity contribution in [2.24, 2.45) is 0 Å². The molecule has 2 saturated carbocycles. The van der Waals surface area contributed by atoms with Crippen LogP contribution in [0.4, 0.5) is 8.78 Å². The maximum atomic E-state index is 15.6. The van der Waals surface area contributed by atoms with Gasteiger partial charge in [-0.15, -0.1) is 11.8 Å². The first kappa shape index (κ1) is 19.0. The van der Waals surface area contributed by atoms with Crippen molar-refractivity contribution in [3.05, 3.63) is 71.8 Å². The zero-order valence-corrected chi connectivity index (χ0v) is 16.6. The van der Waals surface area contributed by atoms with E-state index in [1.54, 1.807) is 11.8 Å². The lowest BCUT2D eigenvalue weighted by atomic mass is 9.80. The largest absolute Gasteiger partial charge is 0.246 e. The van der Waals surface area contributed by atoms with Crippen molar-refractivity contribution in [3.8, 4) is 0 Å². The summed E-state index contributed by atoms with van der Waals surface area (Å²) in [6.45, 7) is 0. The van der Waals surface area contributed by atoms with Crippen molar-refractivity contribution in [2.45, 2.75) is 73.2 Å². The van der Waals surface area contributed by atoms with Gasteiger partial charge in [-0.1, -0.05) is 86.3 Å². The van der Waals surface area contributed by atoms with E-state index < -0.39 is 21.8 Å². The molecule has 0 saturated heterocycles.